The van der Waals surface area contributed by atoms with Gasteiger partial charge in [-0.3, -0.25) is 4.79 Å². The Kier molecular flexibility index (Phi) is 5.16. The van der Waals surface area contributed by atoms with E-state index in [1.165, 1.54) is 12.8 Å². The van der Waals surface area contributed by atoms with Crippen LogP contribution in [0.5, 0.6) is 0 Å². The van der Waals surface area contributed by atoms with Gasteiger partial charge in [0.2, 0.25) is 0 Å². The Balaban J connectivity index is 1.45. The normalized spacial score (nSPS) is 17.5. The molecule has 0 saturated carbocycles. The number of hydrogen-bond acceptors (Lipinski definition) is 5. The molecule has 2 saturated heterocycles. The van der Waals surface area contributed by atoms with Crippen LogP contribution in [0, 0.1) is 6.92 Å². The van der Waals surface area contributed by atoms with E-state index in [1.807, 2.05) is 36.1 Å². The highest BCUT2D eigenvalue weighted by Crippen LogP contribution is 2.22. The molecule has 1 amide bonds. The maximum atomic E-state index is 13.0. The van der Waals surface area contributed by atoms with Gasteiger partial charge in [0.1, 0.15) is 17.3 Å². The molecule has 0 bridgehead atoms. The summed E-state index contributed by atoms with van der Waals surface area (Å²) in [7, 11) is 0. The Morgan fingerprint density at radius 1 is 0.963 bits per heavy atom. The van der Waals surface area contributed by atoms with E-state index in [-0.39, 0.29) is 5.91 Å². The second-order valence-electron chi connectivity index (χ2n) is 7.11. The Morgan fingerprint density at radius 2 is 1.70 bits per heavy atom. The summed E-state index contributed by atoms with van der Waals surface area (Å²) >= 11 is 6.10. The van der Waals surface area contributed by atoms with Crippen LogP contribution in [-0.4, -0.2) is 60.0 Å². The lowest BCUT2D eigenvalue weighted by Gasteiger charge is -2.36. The number of carbonyl (C=O) groups is 1. The molecule has 2 fully saturated rings. The van der Waals surface area contributed by atoms with E-state index >= 15 is 0 Å². The van der Waals surface area contributed by atoms with Crippen molar-refractivity contribution in [1.82, 2.24) is 14.9 Å². The van der Waals surface area contributed by atoms with Crippen molar-refractivity contribution in [3.8, 4) is 0 Å². The number of anilines is 2. The van der Waals surface area contributed by atoms with E-state index in [4.69, 9.17) is 11.6 Å². The van der Waals surface area contributed by atoms with Crippen molar-refractivity contribution in [3.63, 3.8) is 0 Å². The molecule has 0 N–H and O–H groups in total. The number of halogens is 1. The molecule has 0 radical (unpaired) electrons. The van der Waals surface area contributed by atoms with Gasteiger partial charge in [0, 0.05) is 56.0 Å². The number of rotatable bonds is 3. The number of piperazine rings is 1. The maximum Gasteiger partial charge on any atom is 0.272 e. The van der Waals surface area contributed by atoms with Gasteiger partial charge >= 0.3 is 0 Å². The molecule has 1 aromatic heterocycles. The summed E-state index contributed by atoms with van der Waals surface area (Å²) in [4.78, 5) is 28.3. The monoisotopic (exact) mass is 385 g/mol. The third-order valence-electron chi connectivity index (χ3n) is 5.21. The van der Waals surface area contributed by atoms with E-state index in [0.717, 1.165) is 42.7 Å². The van der Waals surface area contributed by atoms with E-state index in [0.29, 0.717) is 24.6 Å². The van der Waals surface area contributed by atoms with E-state index in [9.17, 15) is 4.79 Å². The van der Waals surface area contributed by atoms with Crippen LogP contribution in [0.3, 0.4) is 0 Å². The molecule has 2 aliphatic rings. The Hall–Kier alpha value is -2.34. The second kappa shape index (κ2) is 7.72. The molecule has 3 heterocycles. The largest absolute Gasteiger partial charge is 0.368 e. The van der Waals surface area contributed by atoms with Crippen LogP contribution in [0.15, 0.2) is 30.3 Å². The minimum Gasteiger partial charge on any atom is -0.368 e. The summed E-state index contributed by atoms with van der Waals surface area (Å²) in [5.41, 5.74) is 1.60. The van der Waals surface area contributed by atoms with E-state index < -0.39 is 0 Å². The summed E-state index contributed by atoms with van der Waals surface area (Å²) in [5, 5.41) is 0.733. The van der Waals surface area contributed by atoms with Gasteiger partial charge in [-0.05, 0) is 38.0 Å². The number of hydrogen-bond donors (Lipinski definition) is 0. The van der Waals surface area contributed by atoms with Gasteiger partial charge in [-0.25, -0.2) is 9.97 Å². The predicted octanol–water partition coefficient (Wildman–Crippen LogP) is 3.00. The quantitative estimate of drug-likeness (QED) is 0.813. The average molecular weight is 386 g/mol. The Bertz CT molecular complexity index is 829. The van der Waals surface area contributed by atoms with Crippen LogP contribution < -0.4 is 9.80 Å². The number of amides is 1. The predicted molar refractivity (Wildman–Crippen MR) is 108 cm³/mol. The van der Waals surface area contributed by atoms with E-state index in [2.05, 4.69) is 25.8 Å². The lowest BCUT2D eigenvalue weighted by Crippen LogP contribution is -2.49. The Labute approximate surface area is 164 Å². The minimum absolute atomic E-state index is 0.00769. The molecule has 1 aromatic carbocycles. The van der Waals surface area contributed by atoms with Crippen molar-refractivity contribution >= 4 is 29.0 Å². The topological polar surface area (TPSA) is 52.6 Å². The van der Waals surface area contributed by atoms with Gasteiger partial charge in [-0.1, -0.05) is 17.7 Å². The van der Waals surface area contributed by atoms with Crippen LogP contribution in [0.4, 0.5) is 11.5 Å². The third kappa shape index (κ3) is 4.00. The molecule has 7 heteroatoms. The minimum atomic E-state index is -0.00769. The first-order valence-electron chi connectivity index (χ1n) is 9.50. The zero-order valence-electron chi connectivity index (χ0n) is 15.6. The van der Waals surface area contributed by atoms with Gasteiger partial charge in [-0.2, -0.15) is 0 Å². The number of aryl methyl sites for hydroxylation is 1. The molecule has 0 aliphatic carbocycles. The summed E-state index contributed by atoms with van der Waals surface area (Å²) in [6, 6.07) is 9.71. The highest BCUT2D eigenvalue weighted by molar-refractivity contribution is 6.30. The van der Waals surface area contributed by atoms with E-state index in [1.54, 1.807) is 0 Å². The summed E-state index contributed by atoms with van der Waals surface area (Å²) in [5.74, 6) is 1.52. The van der Waals surface area contributed by atoms with Gasteiger partial charge in [0.25, 0.3) is 5.91 Å². The summed E-state index contributed by atoms with van der Waals surface area (Å²) < 4.78 is 0. The van der Waals surface area contributed by atoms with Crippen LogP contribution >= 0.6 is 11.6 Å². The zero-order chi connectivity index (χ0) is 18.8. The number of carbonyl (C=O) groups excluding carboxylic acids is 1. The smallest absolute Gasteiger partial charge is 0.272 e. The van der Waals surface area contributed by atoms with Crippen molar-refractivity contribution in [1.29, 1.82) is 0 Å². The molecular weight excluding hydrogens is 362 g/mol. The molecule has 6 nitrogen and oxygen atoms in total. The van der Waals surface area contributed by atoms with Gasteiger partial charge in [0.05, 0.1) is 0 Å². The fraction of sp³-hybridized carbons (Fsp3) is 0.450. The molecule has 0 atom stereocenters. The molecule has 2 aromatic rings. The van der Waals surface area contributed by atoms with Crippen LogP contribution in [0.1, 0.15) is 29.2 Å². The third-order valence-corrected chi connectivity index (χ3v) is 5.45. The molecule has 0 spiro atoms. The highest BCUT2D eigenvalue weighted by Gasteiger charge is 2.25. The number of aromatic nitrogens is 2. The first-order chi connectivity index (χ1) is 13.1. The van der Waals surface area contributed by atoms with Gasteiger partial charge in [-0.15, -0.1) is 0 Å². The van der Waals surface area contributed by atoms with Crippen LogP contribution in [-0.2, 0) is 0 Å². The summed E-state index contributed by atoms with van der Waals surface area (Å²) in [6.07, 6.45) is 2.36. The van der Waals surface area contributed by atoms with Crippen LogP contribution in [0.25, 0.3) is 0 Å². The molecule has 4 rings (SSSR count). The zero-order valence-corrected chi connectivity index (χ0v) is 16.3. The Morgan fingerprint density at radius 3 is 2.41 bits per heavy atom. The molecule has 0 unspecified atom stereocenters. The first-order valence-corrected chi connectivity index (χ1v) is 9.88. The molecular formula is C20H24ClN5O. The van der Waals surface area contributed by atoms with Crippen molar-refractivity contribution in [3.05, 3.63) is 46.9 Å². The maximum absolute atomic E-state index is 13.0. The lowest BCUT2D eigenvalue weighted by molar-refractivity contribution is 0.0740. The van der Waals surface area contributed by atoms with Crippen molar-refractivity contribution in [2.75, 3.05) is 49.1 Å². The number of benzene rings is 1. The van der Waals surface area contributed by atoms with Crippen molar-refractivity contribution in [2.45, 2.75) is 19.8 Å². The fourth-order valence-electron chi connectivity index (χ4n) is 3.77. The van der Waals surface area contributed by atoms with Crippen LogP contribution in [0.2, 0.25) is 5.02 Å². The summed E-state index contributed by atoms with van der Waals surface area (Å²) in [6.45, 7) is 6.78. The van der Waals surface area contributed by atoms with Gasteiger partial charge < -0.3 is 14.7 Å². The SMILES string of the molecule is Cc1nc(C(=O)N2CCN(c3cccc(Cl)c3)CC2)cc(N2CCCC2)n1. The average Bonchev–Trinajstić information content (AvgIpc) is 3.22. The number of nitrogens with zero attached hydrogens (tertiary/aromatic N) is 5. The molecule has 2 aliphatic heterocycles. The standard InChI is InChI=1S/C20H24ClN5O/c1-15-22-18(14-19(23-15)25-7-2-3-8-25)20(27)26-11-9-24(10-12-26)17-6-4-5-16(21)13-17/h4-6,13-14H,2-3,7-12H2,1H3. The van der Waals surface area contributed by atoms with Crippen molar-refractivity contribution < 1.29 is 4.79 Å². The molecule has 142 valence electrons. The highest BCUT2D eigenvalue weighted by atomic mass is 35.5. The fourth-order valence-corrected chi connectivity index (χ4v) is 3.96. The molecule has 27 heavy (non-hydrogen) atoms. The lowest BCUT2D eigenvalue weighted by atomic mass is 10.2. The first kappa shape index (κ1) is 18.0. The second-order valence-corrected chi connectivity index (χ2v) is 7.55. The van der Waals surface area contributed by atoms with Crippen molar-refractivity contribution in [2.24, 2.45) is 0 Å². The van der Waals surface area contributed by atoms with Gasteiger partial charge in [0.15, 0.2) is 0 Å².